The molecule has 5 nitrogen and oxygen atoms in total. The molecule has 88 valence electrons. The van der Waals surface area contributed by atoms with Crippen LogP contribution in [0.25, 0.3) is 0 Å². The van der Waals surface area contributed by atoms with Gasteiger partial charge < -0.3 is 10.3 Å². The summed E-state index contributed by atoms with van der Waals surface area (Å²) in [5, 5.41) is 0. The number of nitrogens with two attached hydrogens (primary N) is 1. The zero-order valence-corrected chi connectivity index (χ0v) is 9.73. The summed E-state index contributed by atoms with van der Waals surface area (Å²) >= 11 is 0. The molecule has 0 spiro atoms. The SMILES string of the molecule is CCCCN(C)C(=O)c1ccncc1NN. The molecule has 5 heteroatoms. The van der Waals surface area contributed by atoms with Crippen molar-refractivity contribution in [3.05, 3.63) is 24.0 Å². The molecule has 0 saturated carbocycles. The number of nitrogens with zero attached hydrogens (tertiary/aromatic N) is 2. The third-order valence-corrected chi connectivity index (χ3v) is 2.40. The molecular weight excluding hydrogens is 204 g/mol. The third-order valence-electron chi connectivity index (χ3n) is 2.40. The van der Waals surface area contributed by atoms with E-state index in [2.05, 4.69) is 17.3 Å². The van der Waals surface area contributed by atoms with Gasteiger partial charge in [-0.15, -0.1) is 0 Å². The summed E-state index contributed by atoms with van der Waals surface area (Å²) in [6, 6.07) is 1.67. The van der Waals surface area contributed by atoms with Crippen LogP contribution in [0.5, 0.6) is 0 Å². The van der Waals surface area contributed by atoms with E-state index < -0.39 is 0 Å². The fourth-order valence-electron chi connectivity index (χ4n) is 1.40. The number of rotatable bonds is 5. The highest BCUT2D eigenvalue weighted by atomic mass is 16.2. The number of hydrogen-bond donors (Lipinski definition) is 2. The molecule has 0 aliphatic rings. The fourth-order valence-corrected chi connectivity index (χ4v) is 1.40. The van der Waals surface area contributed by atoms with E-state index in [1.165, 1.54) is 0 Å². The van der Waals surface area contributed by atoms with Gasteiger partial charge >= 0.3 is 0 Å². The Balaban J connectivity index is 2.79. The van der Waals surface area contributed by atoms with Crippen molar-refractivity contribution in [1.29, 1.82) is 0 Å². The molecule has 1 aromatic heterocycles. The first-order valence-electron chi connectivity index (χ1n) is 5.36. The second-order valence-electron chi connectivity index (χ2n) is 3.65. The highest BCUT2D eigenvalue weighted by molar-refractivity contribution is 5.99. The van der Waals surface area contributed by atoms with Gasteiger partial charge in [0.15, 0.2) is 0 Å². The first-order chi connectivity index (χ1) is 7.70. The number of anilines is 1. The number of amides is 1. The highest BCUT2D eigenvalue weighted by Gasteiger charge is 2.14. The molecule has 0 aliphatic heterocycles. The van der Waals surface area contributed by atoms with Crippen LogP contribution in [0.3, 0.4) is 0 Å². The first-order valence-corrected chi connectivity index (χ1v) is 5.36. The molecule has 0 saturated heterocycles. The maximum absolute atomic E-state index is 12.0. The Kier molecular flexibility index (Phi) is 4.72. The van der Waals surface area contributed by atoms with E-state index in [1.54, 1.807) is 30.4 Å². The van der Waals surface area contributed by atoms with E-state index in [1.807, 2.05) is 0 Å². The number of aromatic nitrogens is 1. The summed E-state index contributed by atoms with van der Waals surface area (Å²) < 4.78 is 0. The van der Waals surface area contributed by atoms with Crippen LogP contribution >= 0.6 is 0 Å². The van der Waals surface area contributed by atoms with Gasteiger partial charge in [0.2, 0.25) is 0 Å². The van der Waals surface area contributed by atoms with Crippen molar-refractivity contribution in [2.75, 3.05) is 19.0 Å². The molecule has 0 unspecified atom stereocenters. The zero-order valence-electron chi connectivity index (χ0n) is 9.73. The molecule has 1 amide bonds. The lowest BCUT2D eigenvalue weighted by Crippen LogP contribution is -2.29. The topological polar surface area (TPSA) is 71.2 Å². The second kappa shape index (κ2) is 6.07. The van der Waals surface area contributed by atoms with Gasteiger partial charge in [0.05, 0.1) is 17.4 Å². The standard InChI is InChI=1S/C11H18N4O/c1-3-4-7-15(2)11(16)9-5-6-13-8-10(9)14-12/h5-6,8,14H,3-4,7,12H2,1-2H3. The van der Waals surface area contributed by atoms with Gasteiger partial charge in [-0.25, -0.2) is 0 Å². The normalized spacial score (nSPS) is 9.94. The van der Waals surface area contributed by atoms with E-state index in [0.717, 1.165) is 19.4 Å². The summed E-state index contributed by atoms with van der Waals surface area (Å²) in [7, 11) is 1.79. The Labute approximate surface area is 95.6 Å². The van der Waals surface area contributed by atoms with E-state index in [-0.39, 0.29) is 5.91 Å². The first kappa shape index (κ1) is 12.4. The van der Waals surface area contributed by atoms with Gasteiger partial charge in [0, 0.05) is 19.8 Å². The lowest BCUT2D eigenvalue weighted by molar-refractivity contribution is 0.0794. The lowest BCUT2D eigenvalue weighted by Gasteiger charge is -2.18. The minimum absolute atomic E-state index is 0.0381. The molecular formula is C11H18N4O. The van der Waals surface area contributed by atoms with Crippen LogP contribution in [0.15, 0.2) is 18.5 Å². The summed E-state index contributed by atoms with van der Waals surface area (Å²) in [4.78, 5) is 17.6. The number of hydrazine groups is 1. The quantitative estimate of drug-likeness (QED) is 0.581. The summed E-state index contributed by atoms with van der Waals surface area (Å²) in [5.74, 6) is 5.29. The van der Waals surface area contributed by atoms with Gasteiger partial charge in [0.25, 0.3) is 5.91 Å². The molecule has 3 N–H and O–H groups in total. The number of carbonyl (C=O) groups is 1. The number of hydrogen-bond acceptors (Lipinski definition) is 4. The Morgan fingerprint density at radius 3 is 3.00 bits per heavy atom. The molecule has 0 radical (unpaired) electrons. The van der Waals surface area contributed by atoms with Crippen LogP contribution in [0, 0.1) is 0 Å². The van der Waals surface area contributed by atoms with Crippen LogP contribution in [-0.4, -0.2) is 29.4 Å². The van der Waals surface area contributed by atoms with Crippen LogP contribution in [0.1, 0.15) is 30.1 Å². The van der Waals surface area contributed by atoms with Crippen molar-refractivity contribution in [3.63, 3.8) is 0 Å². The smallest absolute Gasteiger partial charge is 0.255 e. The monoisotopic (exact) mass is 222 g/mol. The molecule has 0 aromatic carbocycles. The molecule has 1 rings (SSSR count). The summed E-state index contributed by atoms with van der Waals surface area (Å²) in [6.45, 7) is 2.85. The molecule has 16 heavy (non-hydrogen) atoms. The van der Waals surface area contributed by atoms with E-state index in [9.17, 15) is 4.79 Å². The van der Waals surface area contributed by atoms with Crippen molar-refractivity contribution < 1.29 is 4.79 Å². The van der Waals surface area contributed by atoms with Crippen LogP contribution < -0.4 is 11.3 Å². The van der Waals surface area contributed by atoms with Gasteiger partial charge in [-0.3, -0.25) is 15.6 Å². The number of nitrogen functional groups attached to an aromatic ring is 1. The number of unbranched alkanes of at least 4 members (excludes halogenated alkanes) is 1. The largest absolute Gasteiger partial charge is 0.342 e. The Bertz CT molecular complexity index is 354. The average molecular weight is 222 g/mol. The van der Waals surface area contributed by atoms with Crippen LogP contribution in [0.2, 0.25) is 0 Å². The Hall–Kier alpha value is -1.62. The maximum Gasteiger partial charge on any atom is 0.255 e. The van der Waals surface area contributed by atoms with Gasteiger partial charge in [-0.2, -0.15) is 0 Å². The minimum Gasteiger partial charge on any atom is -0.342 e. The maximum atomic E-state index is 12.0. The number of pyridine rings is 1. The van der Waals surface area contributed by atoms with E-state index in [0.29, 0.717) is 11.3 Å². The van der Waals surface area contributed by atoms with Crippen molar-refractivity contribution in [2.24, 2.45) is 5.84 Å². The average Bonchev–Trinajstić information content (AvgIpc) is 2.34. The molecule has 0 atom stereocenters. The predicted octanol–water partition coefficient (Wildman–Crippen LogP) is 1.24. The zero-order chi connectivity index (χ0) is 12.0. The second-order valence-corrected chi connectivity index (χ2v) is 3.65. The van der Waals surface area contributed by atoms with Gasteiger partial charge in [-0.05, 0) is 12.5 Å². The third kappa shape index (κ3) is 2.93. The number of carbonyl (C=O) groups excluding carboxylic acids is 1. The fraction of sp³-hybridized carbons (Fsp3) is 0.455. The Morgan fingerprint density at radius 1 is 1.62 bits per heavy atom. The molecule has 0 aliphatic carbocycles. The highest BCUT2D eigenvalue weighted by Crippen LogP contribution is 2.14. The van der Waals surface area contributed by atoms with E-state index in [4.69, 9.17) is 5.84 Å². The number of nitrogens with one attached hydrogen (secondary N) is 1. The van der Waals surface area contributed by atoms with Gasteiger partial charge in [-0.1, -0.05) is 13.3 Å². The molecule has 0 bridgehead atoms. The molecule has 1 aromatic rings. The summed E-state index contributed by atoms with van der Waals surface area (Å²) in [6.07, 6.45) is 5.19. The van der Waals surface area contributed by atoms with Crippen molar-refractivity contribution in [3.8, 4) is 0 Å². The molecule has 1 heterocycles. The van der Waals surface area contributed by atoms with Crippen LogP contribution in [-0.2, 0) is 0 Å². The summed E-state index contributed by atoms with van der Waals surface area (Å²) in [5.41, 5.74) is 3.58. The van der Waals surface area contributed by atoms with Crippen LogP contribution in [0.4, 0.5) is 5.69 Å². The van der Waals surface area contributed by atoms with Gasteiger partial charge in [0.1, 0.15) is 0 Å². The van der Waals surface area contributed by atoms with E-state index >= 15 is 0 Å². The van der Waals surface area contributed by atoms with Crippen molar-refractivity contribution >= 4 is 11.6 Å². The molecule has 0 fully saturated rings. The predicted molar refractivity (Wildman–Crippen MR) is 63.9 cm³/mol. The lowest BCUT2D eigenvalue weighted by atomic mass is 10.2. The Morgan fingerprint density at radius 2 is 2.38 bits per heavy atom. The van der Waals surface area contributed by atoms with Crippen molar-refractivity contribution in [2.45, 2.75) is 19.8 Å². The minimum atomic E-state index is -0.0381. The van der Waals surface area contributed by atoms with Crippen molar-refractivity contribution in [1.82, 2.24) is 9.88 Å².